The highest BCUT2D eigenvalue weighted by Crippen LogP contribution is 2.30. The van der Waals surface area contributed by atoms with Crippen molar-refractivity contribution in [3.05, 3.63) is 94.6 Å². The van der Waals surface area contributed by atoms with Gasteiger partial charge in [-0.05, 0) is 91.9 Å². The Hall–Kier alpha value is -4.35. The Morgan fingerprint density at radius 1 is 0.884 bits per heavy atom. The molecule has 0 saturated carbocycles. The second-order valence-electron chi connectivity index (χ2n) is 11.0. The zero-order valence-corrected chi connectivity index (χ0v) is 24.4. The molecule has 0 radical (unpaired) electrons. The lowest BCUT2D eigenvalue weighted by Crippen LogP contribution is -2.59. The average Bonchev–Trinajstić information content (AvgIpc) is 2.94. The number of carbonyl (C=O) groups excluding carboxylic acids is 3. The Kier molecular flexibility index (Phi) is 10.4. The van der Waals surface area contributed by atoms with Crippen molar-refractivity contribution in [2.24, 2.45) is 11.5 Å². The van der Waals surface area contributed by atoms with Crippen LogP contribution in [-0.4, -0.2) is 66.4 Å². The number of piperazine rings is 1. The summed E-state index contributed by atoms with van der Waals surface area (Å²) in [7, 11) is 0. The summed E-state index contributed by atoms with van der Waals surface area (Å²) in [5.74, 6) is -1.38. The summed E-state index contributed by atoms with van der Waals surface area (Å²) in [6.07, 6.45) is 1.43. The van der Waals surface area contributed by atoms with E-state index in [1.165, 1.54) is 24.3 Å². The lowest BCUT2D eigenvalue weighted by Gasteiger charge is -2.39. The lowest BCUT2D eigenvalue weighted by molar-refractivity contribution is -0.127. The van der Waals surface area contributed by atoms with Gasteiger partial charge in [-0.1, -0.05) is 24.3 Å². The fraction of sp³-hybridized carbons (Fsp3) is 0.344. The van der Waals surface area contributed by atoms with Gasteiger partial charge in [-0.15, -0.1) is 0 Å². The third-order valence-corrected chi connectivity index (χ3v) is 7.82. The van der Waals surface area contributed by atoms with Gasteiger partial charge in [-0.3, -0.25) is 19.4 Å². The number of urea groups is 1. The Bertz CT molecular complexity index is 1380. The minimum absolute atomic E-state index is 0.0641. The average molecular weight is 593 g/mol. The van der Waals surface area contributed by atoms with Crippen molar-refractivity contribution < 1.29 is 23.2 Å². The second-order valence-corrected chi connectivity index (χ2v) is 11.0. The molecule has 4 amide bonds. The van der Waals surface area contributed by atoms with Crippen LogP contribution in [0.4, 0.5) is 25.0 Å². The van der Waals surface area contributed by atoms with E-state index >= 15 is 0 Å². The van der Waals surface area contributed by atoms with Gasteiger partial charge in [0.1, 0.15) is 17.7 Å². The number of benzene rings is 3. The zero-order valence-electron chi connectivity index (χ0n) is 24.4. The maximum atomic E-state index is 13.6. The predicted molar refractivity (Wildman–Crippen MR) is 163 cm³/mol. The predicted octanol–water partition coefficient (Wildman–Crippen LogP) is 4.09. The van der Waals surface area contributed by atoms with Gasteiger partial charge in [0.05, 0.1) is 6.54 Å². The molecule has 1 unspecified atom stereocenters. The summed E-state index contributed by atoms with van der Waals surface area (Å²) < 4.78 is 27.2. The van der Waals surface area contributed by atoms with E-state index in [2.05, 4.69) is 10.6 Å². The standard InChI is InChI=1S/C32H38F2N6O3/c1-20-16-26(37-32(36)43)17-21(2)30(20)38-29(41)19-39-14-15-40(28(18-39)31(35)42)13-3-4-27(22-5-9-24(33)10-6-22)23-7-11-25(34)12-8-23/h5-12,16-17,27-28H,3-4,13-15,18-19H2,1-2H3,(H2,35,42)(H,38,41)(H3,36,37,43). The molecule has 0 spiro atoms. The monoisotopic (exact) mass is 592 g/mol. The van der Waals surface area contributed by atoms with Crippen LogP contribution in [0, 0.1) is 25.5 Å². The molecule has 1 heterocycles. The molecule has 1 saturated heterocycles. The molecule has 1 atom stereocenters. The summed E-state index contributed by atoms with van der Waals surface area (Å²) in [4.78, 5) is 40.5. The largest absolute Gasteiger partial charge is 0.368 e. The highest BCUT2D eigenvalue weighted by atomic mass is 19.1. The van der Waals surface area contributed by atoms with Crippen molar-refractivity contribution in [1.82, 2.24) is 9.80 Å². The first-order valence-corrected chi connectivity index (χ1v) is 14.2. The van der Waals surface area contributed by atoms with E-state index in [-0.39, 0.29) is 30.0 Å². The van der Waals surface area contributed by atoms with Crippen LogP contribution in [0.1, 0.15) is 41.0 Å². The lowest BCUT2D eigenvalue weighted by atomic mass is 9.87. The summed E-state index contributed by atoms with van der Waals surface area (Å²) in [6, 6.07) is 14.9. The number of nitrogens with two attached hydrogens (primary N) is 2. The maximum absolute atomic E-state index is 13.6. The topological polar surface area (TPSA) is 134 Å². The molecule has 9 nitrogen and oxygen atoms in total. The molecule has 1 fully saturated rings. The number of aryl methyl sites for hydroxylation is 2. The van der Waals surface area contributed by atoms with Gasteiger partial charge >= 0.3 is 6.03 Å². The van der Waals surface area contributed by atoms with Gasteiger partial charge in [-0.25, -0.2) is 13.6 Å². The summed E-state index contributed by atoms with van der Waals surface area (Å²) in [5, 5.41) is 5.48. The number of anilines is 2. The molecule has 1 aliphatic rings. The number of rotatable bonds is 11. The van der Waals surface area contributed by atoms with E-state index < -0.39 is 18.0 Å². The molecular weight excluding hydrogens is 554 g/mol. The number of nitrogens with one attached hydrogen (secondary N) is 2. The van der Waals surface area contributed by atoms with Crippen LogP contribution in [0.5, 0.6) is 0 Å². The van der Waals surface area contributed by atoms with Gasteiger partial charge in [-0.2, -0.15) is 0 Å². The Balaban J connectivity index is 1.35. The van der Waals surface area contributed by atoms with Crippen molar-refractivity contribution in [2.45, 2.75) is 38.6 Å². The van der Waals surface area contributed by atoms with Crippen molar-refractivity contribution in [3.63, 3.8) is 0 Å². The number of hydrogen-bond acceptors (Lipinski definition) is 5. The van der Waals surface area contributed by atoms with Crippen LogP contribution >= 0.6 is 0 Å². The summed E-state index contributed by atoms with van der Waals surface area (Å²) in [6.45, 7) is 5.81. The van der Waals surface area contributed by atoms with Gasteiger partial charge in [0, 0.05) is 36.9 Å². The molecule has 0 bridgehead atoms. The van der Waals surface area contributed by atoms with E-state index in [1.54, 1.807) is 36.4 Å². The van der Waals surface area contributed by atoms with E-state index in [0.29, 0.717) is 44.0 Å². The Labute approximate surface area is 250 Å². The molecule has 11 heteroatoms. The molecule has 3 aromatic rings. The number of hydrogen-bond donors (Lipinski definition) is 4. The van der Waals surface area contributed by atoms with Crippen LogP contribution in [0.15, 0.2) is 60.7 Å². The molecule has 0 aromatic heterocycles. The van der Waals surface area contributed by atoms with E-state index in [0.717, 1.165) is 28.7 Å². The van der Waals surface area contributed by atoms with E-state index in [4.69, 9.17) is 11.5 Å². The third-order valence-electron chi connectivity index (χ3n) is 7.82. The first-order chi connectivity index (χ1) is 20.5. The second kappa shape index (κ2) is 14.2. The minimum atomic E-state index is -0.667. The quantitative estimate of drug-likeness (QED) is 0.266. The van der Waals surface area contributed by atoms with Gasteiger partial charge in [0.2, 0.25) is 11.8 Å². The molecule has 4 rings (SSSR count). The molecule has 1 aliphatic heterocycles. The summed E-state index contributed by atoms with van der Waals surface area (Å²) >= 11 is 0. The zero-order chi connectivity index (χ0) is 31.1. The highest BCUT2D eigenvalue weighted by molar-refractivity contribution is 5.95. The highest BCUT2D eigenvalue weighted by Gasteiger charge is 2.31. The number of halogens is 2. The molecule has 0 aliphatic carbocycles. The van der Waals surface area contributed by atoms with E-state index in [9.17, 15) is 23.2 Å². The summed E-state index contributed by atoms with van der Waals surface area (Å²) in [5.41, 5.74) is 15.6. The van der Waals surface area contributed by atoms with Crippen LogP contribution in [-0.2, 0) is 9.59 Å². The number of amides is 4. The van der Waals surface area contributed by atoms with Gasteiger partial charge in [0.15, 0.2) is 0 Å². The fourth-order valence-corrected chi connectivity index (χ4v) is 5.73. The molecule has 3 aromatic carbocycles. The van der Waals surface area contributed by atoms with Crippen LogP contribution in [0.2, 0.25) is 0 Å². The number of nitrogens with zero attached hydrogens (tertiary/aromatic N) is 2. The number of primary amides is 2. The van der Waals surface area contributed by atoms with Crippen molar-refractivity contribution in [1.29, 1.82) is 0 Å². The normalized spacial score (nSPS) is 15.8. The maximum Gasteiger partial charge on any atom is 0.316 e. The van der Waals surface area contributed by atoms with E-state index in [1.807, 2.05) is 23.6 Å². The van der Waals surface area contributed by atoms with Crippen LogP contribution in [0.3, 0.4) is 0 Å². The first-order valence-electron chi connectivity index (χ1n) is 14.2. The van der Waals surface area contributed by atoms with Crippen molar-refractivity contribution in [2.75, 3.05) is 43.4 Å². The van der Waals surface area contributed by atoms with Gasteiger partial charge in [0.25, 0.3) is 0 Å². The fourth-order valence-electron chi connectivity index (χ4n) is 5.73. The minimum Gasteiger partial charge on any atom is -0.368 e. The molecule has 43 heavy (non-hydrogen) atoms. The molecule has 228 valence electrons. The SMILES string of the molecule is Cc1cc(NC(N)=O)cc(C)c1NC(=O)CN1CCN(CCCC(c2ccc(F)cc2)c2ccc(F)cc2)C(C(N)=O)C1. The van der Waals surface area contributed by atoms with Crippen LogP contribution in [0.25, 0.3) is 0 Å². The molecular formula is C32H38F2N6O3. The number of carbonyl (C=O) groups is 3. The smallest absolute Gasteiger partial charge is 0.316 e. The van der Waals surface area contributed by atoms with Crippen molar-refractivity contribution >= 4 is 29.2 Å². The van der Waals surface area contributed by atoms with Crippen LogP contribution < -0.4 is 22.1 Å². The van der Waals surface area contributed by atoms with Crippen molar-refractivity contribution in [3.8, 4) is 0 Å². The third kappa shape index (κ3) is 8.59. The first kappa shape index (κ1) is 31.6. The van der Waals surface area contributed by atoms with Gasteiger partial charge < -0.3 is 22.1 Å². The Morgan fingerprint density at radius 2 is 1.44 bits per heavy atom. The Morgan fingerprint density at radius 3 is 1.95 bits per heavy atom. The molecule has 6 N–H and O–H groups in total.